The summed E-state index contributed by atoms with van der Waals surface area (Å²) in [6, 6.07) is 0. The van der Waals surface area contributed by atoms with Crippen molar-refractivity contribution in [2.75, 3.05) is 0 Å². The van der Waals surface area contributed by atoms with Gasteiger partial charge in [-0.25, -0.2) is 0 Å². The molecular formula is C8H12N2O9S. The Hall–Kier alpha value is -2.21. The third-order valence-electron chi connectivity index (χ3n) is 2.53. The molecule has 114 valence electrons. The van der Waals surface area contributed by atoms with Crippen molar-refractivity contribution < 1.29 is 42.4 Å². The maximum Gasteiger partial charge on any atom is 0.317 e. The van der Waals surface area contributed by atoms with Gasteiger partial charge in [-0.1, -0.05) is 0 Å². The molecule has 1 atom stereocenters. The summed E-state index contributed by atoms with van der Waals surface area (Å²) in [5, 5.41) is 17.3. The molecule has 0 aromatic heterocycles. The molecule has 2 amide bonds. The lowest BCUT2D eigenvalue weighted by Crippen LogP contribution is -2.55. The van der Waals surface area contributed by atoms with Crippen LogP contribution >= 0.6 is 0 Å². The third kappa shape index (κ3) is 3.64. The van der Waals surface area contributed by atoms with Crippen molar-refractivity contribution in [1.29, 1.82) is 0 Å². The van der Waals surface area contributed by atoms with Crippen LogP contribution < -0.4 is 11.5 Å². The second-order valence-corrected chi connectivity index (χ2v) is 5.64. The van der Waals surface area contributed by atoms with Crippen LogP contribution in [0.3, 0.4) is 0 Å². The fourth-order valence-corrected chi connectivity index (χ4v) is 2.43. The van der Waals surface area contributed by atoms with E-state index < -0.39 is 57.4 Å². The monoisotopic (exact) mass is 312 g/mol. The minimum Gasteiger partial charge on any atom is -0.481 e. The van der Waals surface area contributed by atoms with Crippen LogP contribution in [-0.4, -0.2) is 51.7 Å². The molecule has 0 bridgehead atoms. The minimum atomic E-state index is -5.38. The molecule has 0 aliphatic carbocycles. The second kappa shape index (κ2) is 5.83. The first-order valence-corrected chi connectivity index (χ1v) is 6.30. The van der Waals surface area contributed by atoms with Crippen LogP contribution in [0.15, 0.2) is 0 Å². The van der Waals surface area contributed by atoms with Gasteiger partial charge in [-0.3, -0.25) is 23.7 Å². The molecule has 0 rings (SSSR count). The summed E-state index contributed by atoms with van der Waals surface area (Å²) in [6.07, 6.45) is -2.78. The number of carbonyl (C=O) groups excluding carboxylic acids is 2. The maximum atomic E-state index is 11.3. The fraction of sp³-hybridized carbons (Fsp3) is 0.500. The first kappa shape index (κ1) is 17.8. The lowest BCUT2D eigenvalue weighted by atomic mass is 9.90. The van der Waals surface area contributed by atoms with Gasteiger partial charge in [0.1, 0.15) is 0 Å². The number of nitrogens with two attached hydrogens (primary N) is 2. The van der Waals surface area contributed by atoms with E-state index in [4.69, 9.17) is 26.2 Å². The Balaban J connectivity index is 6.00. The first-order valence-electron chi connectivity index (χ1n) is 4.86. The number of carbonyl (C=O) groups is 4. The molecule has 0 saturated heterocycles. The summed E-state index contributed by atoms with van der Waals surface area (Å²) in [5.74, 6) is -9.52. The summed E-state index contributed by atoms with van der Waals surface area (Å²) >= 11 is 0. The van der Waals surface area contributed by atoms with E-state index >= 15 is 0 Å². The van der Waals surface area contributed by atoms with Gasteiger partial charge < -0.3 is 21.7 Å². The topological polar surface area (TPSA) is 215 Å². The third-order valence-corrected chi connectivity index (χ3v) is 4.03. The molecule has 0 radical (unpaired) electrons. The number of rotatable bonds is 8. The van der Waals surface area contributed by atoms with Crippen LogP contribution in [0.4, 0.5) is 0 Å². The SMILES string of the molecule is NC(=O)CC(CC(C(=O)O)C(=O)O)(C(N)=O)S(=O)(=O)O. The molecular weight excluding hydrogens is 300 g/mol. The maximum absolute atomic E-state index is 11.3. The van der Waals surface area contributed by atoms with Gasteiger partial charge in [-0.05, 0) is 0 Å². The molecule has 0 aromatic carbocycles. The van der Waals surface area contributed by atoms with Crippen molar-refractivity contribution in [2.24, 2.45) is 17.4 Å². The van der Waals surface area contributed by atoms with Crippen molar-refractivity contribution in [1.82, 2.24) is 0 Å². The smallest absolute Gasteiger partial charge is 0.317 e. The summed E-state index contributed by atoms with van der Waals surface area (Å²) < 4.78 is 28.5. The van der Waals surface area contributed by atoms with E-state index in [1.165, 1.54) is 0 Å². The predicted octanol–water partition coefficient (Wildman–Crippen LogP) is -2.85. The Morgan fingerprint density at radius 2 is 1.45 bits per heavy atom. The molecule has 12 heteroatoms. The van der Waals surface area contributed by atoms with Crippen LogP contribution in [-0.2, 0) is 29.3 Å². The summed E-state index contributed by atoms with van der Waals surface area (Å²) in [7, 11) is -5.38. The number of carboxylic acids is 2. The van der Waals surface area contributed by atoms with E-state index in [1.54, 1.807) is 0 Å². The van der Waals surface area contributed by atoms with Crippen molar-refractivity contribution in [3.05, 3.63) is 0 Å². The van der Waals surface area contributed by atoms with Gasteiger partial charge in [0.15, 0.2) is 10.7 Å². The number of carboxylic acid groups (broad SMARTS) is 2. The normalized spacial score (nSPS) is 14.5. The average molecular weight is 312 g/mol. The molecule has 0 saturated carbocycles. The Bertz CT molecular complexity index is 540. The highest BCUT2D eigenvalue weighted by molar-refractivity contribution is 7.88. The van der Waals surface area contributed by atoms with Gasteiger partial charge in [-0.2, -0.15) is 8.42 Å². The fourth-order valence-electron chi connectivity index (χ4n) is 1.47. The molecule has 0 heterocycles. The highest BCUT2D eigenvalue weighted by Crippen LogP contribution is 2.29. The zero-order chi connectivity index (χ0) is 16.3. The quantitative estimate of drug-likeness (QED) is 0.230. The molecule has 0 fully saturated rings. The largest absolute Gasteiger partial charge is 0.481 e. The Morgan fingerprint density at radius 1 is 1.05 bits per heavy atom. The lowest BCUT2D eigenvalue weighted by molar-refractivity contribution is -0.155. The summed E-state index contributed by atoms with van der Waals surface area (Å²) in [6.45, 7) is 0. The zero-order valence-electron chi connectivity index (χ0n) is 9.85. The van der Waals surface area contributed by atoms with Crippen molar-refractivity contribution in [3.8, 4) is 0 Å². The molecule has 20 heavy (non-hydrogen) atoms. The van der Waals surface area contributed by atoms with Crippen molar-refractivity contribution in [3.63, 3.8) is 0 Å². The van der Waals surface area contributed by atoms with Gasteiger partial charge in [0.25, 0.3) is 10.1 Å². The Labute approximate surface area is 112 Å². The molecule has 11 nitrogen and oxygen atoms in total. The van der Waals surface area contributed by atoms with Crippen LogP contribution in [0.5, 0.6) is 0 Å². The minimum absolute atomic E-state index is 1.35. The lowest BCUT2D eigenvalue weighted by Gasteiger charge is -2.27. The highest BCUT2D eigenvalue weighted by atomic mass is 32.2. The molecule has 0 aliphatic rings. The standard InChI is InChI=1S/C8H12N2O9S/c9-4(11)2-8(7(10)16,20(17,18)19)1-3(5(12)13)6(14)15/h3H,1-2H2,(H2,9,11)(H2,10,16)(H,12,13)(H,14,15)(H,17,18,19). The number of hydrogen-bond acceptors (Lipinski definition) is 6. The first-order chi connectivity index (χ1) is 8.85. The summed E-state index contributed by atoms with van der Waals surface area (Å²) in [5.41, 5.74) is 9.51. The summed E-state index contributed by atoms with van der Waals surface area (Å²) in [4.78, 5) is 43.6. The van der Waals surface area contributed by atoms with Crippen molar-refractivity contribution >= 4 is 33.9 Å². The van der Waals surface area contributed by atoms with Gasteiger partial charge >= 0.3 is 11.9 Å². The van der Waals surface area contributed by atoms with Crippen LogP contribution in [0.25, 0.3) is 0 Å². The number of aliphatic carboxylic acids is 2. The van der Waals surface area contributed by atoms with Gasteiger partial charge in [0.05, 0.1) is 6.42 Å². The molecule has 0 aromatic rings. The predicted molar refractivity (Wildman–Crippen MR) is 60.7 cm³/mol. The average Bonchev–Trinajstić information content (AvgIpc) is 2.19. The van der Waals surface area contributed by atoms with E-state index in [1.807, 2.05) is 0 Å². The number of hydrogen-bond donors (Lipinski definition) is 5. The number of amides is 2. The molecule has 0 spiro atoms. The Morgan fingerprint density at radius 3 is 1.65 bits per heavy atom. The van der Waals surface area contributed by atoms with Crippen LogP contribution in [0.2, 0.25) is 0 Å². The van der Waals surface area contributed by atoms with E-state index in [9.17, 15) is 27.6 Å². The zero-order valence-corrected chi connectivity index (χ0v) is 10.7. The van der Waals surface area contributed by atoms with Gasteiger partial charge in [0.2, 0.25) is 11.8 Å². The van der Waals surface area contributed by atoms with Crippen LogP contribution in [0.1, 0.15) is 12.8 Å². The molecule has 0 aliphatic heterocycles. The molecule has 1 unspecified atom stereocenters. The second-order valence-electron chi connectivity index (χ2n) is 3.91. The van der Waals surface area contributed by atoms with Gasteiger partial charge in [0, 0.05) is 6.42 Å². The Kier molecular flexibility index (Phi) is 5.19. The number of primary amides is 2. The molecule has 7 N–H and O–H groups in total. The van der Waals surface area contributed by atoms with Crippen molar-refractivity contribution in [2.45, 2.75) is 17.6 Å². The highest BCUT2D eigenvalue weighted by Gasteiger charge is 2.54. The van der Waals surface area contributed by atoms with Gasteiger partial charge in [-0.15, -0.1) is 0 Å². The van der Waals surface area contributed by atoms with E-state index in [2.05, 4.69) is 0 Å². The van der Waals surface area contributed by atoms with E-state index in [0.717, 1.165) is 0 Å². The van der Waals surface area contributed by atoms with E-state index in [0.29, 0.717) is 0 Å². The van der Waals surface area contributed by atoms with E-state index in [-0.39, 0.29) is 0 Å². The van der Waals surface area contributed by atoms with Crippen LogP contribution in [0, 0.1) is 5.92 Å².